The van der Waals surface area contributed by atoms with Crippen LogP contribution >= 0.6 is 23.7 Å². The fraction of sp³-hybridized carbons (Fsp3) is 0.444. The quantitative estimate of drug-likeness (QED) is 0.908. The van der Waals surface area contributed by atoms with Crippen LogP contribution in [0.4, 0.5) is 0 Å². The molecule has 0 saturated heterocycles. The van der Waals surface area contributed by atoms with E-state index in [9.17, 15) is 0 Å². The molecule has 1 unspecified atom stereocenters. The van der Waals surface area contributed by atoms with E-state index in [0.29, 0.717) is 17.8 Å². The van der Waals surface area contributed by atoms with Gasteiger partial charge < -0.3 is 9.84 Å². The fourth-order valence-electron chi connectivity index (χ4n) is 1.13. The molecule has 88 valence electrons. The van der Waals surface area contributed by atoms with Crippen molar-refractivity contribution < 1.29 is 4.52 Å². The van der Waals surface area contributed by atoms with Crippen LogP contribution in [0.5, 0.6) is 0 Å². The van der Waals surface area contributed by atoms with Crippen LogP contribution in [0.25, 0.3) is 11.6 Å². The van der Waals surface area contributed by atoms with Crippen molar-refractivity contribution in [1.82, 2.24) is 20.4 Å². The zero-order valence-corrected chi connectivity index (χ0v) is 10.6. The van der Waals surface area contributed by atoms with Gasteiger partial charge in [0.1, 0.15) is 5.69 Å². The third-order valence-electron chi connectivity index (χ3n) is 2.10. The molecule has 0 fully saturated rings. The summed E-state index contributed by atoms with van der Waals surface area (Å²) in [6.45, 7) is 2.07. The molecule has 0 spiro atoms. The van der Waals surface area contributed by atoms with Crippen LogP contribution in [0.15, 0.2) is 15.4 Å². The second-order valence-electron chi connectivity index (χ2n) is 3.28. The number of aromatic nitrogens is 3. The van der Waals surface area contributed by atoms with Crippen LogP contribution < -0.4 is 5.32 Å². The van der Waals surface area contributed by atoms with Crippen LogP contribution in [0.2, 0.25) is 0 Å². The van der Waals surface area contributed by atoms with Crippen molar-refractivity contribution in [1.29, 1.82) is 0 Å². The SMILES string of the molecule is CNC(C)Cc1noc(-c2cscn2)n1.Cl. The van der Waals surface area contributed by atoms with E-state index in [1.807, 2.05) is 12.4 Å². The average Bonchev–Trinajstić information content (AvgIpc) is 2.85. The number of hydrogen-bond acceptors (Lipinski definition) is 6. The molecule has 1 N–H and O–H groups in total. The van der Waals surface area contributed by atoms with Gasteiger partial charge in [-0.05, 0) is 14.0 Å². The Morgan fingerprint density at radius 1 is 1.56 bits per heavy atom. The van der Waals surface area contributed by atoms with Gasteiger partial charge in [-0.15, -0.1) is 23.7 Å². The van der Waals surface area contributed by atoms with Gasteiger partial charge in [-0.3, -0.25) is 0 Å². The van der Waals surface area contributed by atoms with Gasteiger partial charge in [0.2, 0.25) is 0 Å². The molecule has 0 aromatic carbocycles. The van der Waals surface area contributed by atoms with Gasteiger partial charge in [0, 0.05) is 17.8 Å². The highest BCUT2D eigenvalue weighted by Crippen LogP contribution is 2.16. The maximum atomic E-state index is 5.11. The highest BCUT2D eigenvalue weighted by Gasteiger charge is 2.11. The number of nitrogens with one attached hydrogen (secondary N) is 1. The van der Waals surface area contributed by atoms with E-state index < -0.39 is 0 Å². The van der Waals surface area contributed by atoms with E-state index in [2.05, 4.69) is 27.4 Å². The molecule has 2 rings (SSSR count). The lowest BCUT2D eigenvalue weighted by Crippen LogP contribution is -2.24. The molecule has 0 aliphatic rings. The minimum atomic E-state index is 0. The number of halogens is 1. The summed E-state index contributed by atoms with van der Waals surface area (Å²) < 4.78 is 5.11. The lowest BCUT2D eigenvalue weighted by molar-refractivity contribution is 0.417. The van der Waals surface area contributed by atoms with Crippen molar-refractivity contribution >= 4 is 23.7 Å². The molecular formula is C9H13ClN4OS. The van der Waals surface area contributed by atoms with Crippen molar-refractivity contribution in [3.63, 3.8) is 0 Å². The van der Waals surface area contributed by atoms with Gasteiger partial charge >= 0.3 is 0 Å². The summed E-state index contributed by atoms with van der Waals surface area (Å²) in [4.78, 5) is 8.37. The van der Waals surface area contributed by atoms with Crippen molar-refractivity contribution in [3.8, 4) is 11.6 Å². The number of likely N-dealkylation sites (N-methyl/N-ethyl adjacent to an activating group) is 1. The summed E-state index contributed by atoms with van der Waals surface area (Å²) in [7, 11) is 1.91. The second kappa shape index (κ2) is 5.93. The average molecular weight is 261 g/mol. The molecule has 7 heteroatoms. The standard InChI is InChI=1S/C9H12N4OS.ClH/c1-6(10-2)3-8-12-9(14-13-8)7-4-15-5-11-7;/h4-6,10H,3H2,1-2H3;1H. The minimum Gasteiger partial charge on any atom is -0.332 e. The Hall–Kier alpha value is -0.980. The zero-order valence-electron chi connectivity index (χ0n) is 9.01. The van der Waals surface area contributed by atoms with Gasteiger partial charge in [0.25, 0.3) is 5.89 Å². The Labute approximate surface area is 104 Å². The van der Waals surface area contributed by atoms with Crippen molar-refractivity contribution in [2.45, 2.75) is 19.4 Å². The number of thiazole rings is 1. The highest BCUT2D eigenvalue weighted by atomic mass is 35.5. The molecule has 0 aliphatic carbocycles. The summed E-state index contributed by atoms with van der Waals surface area (Å²) in [5.74, 6) is 1.20. The van der Waals surface area contributed by atoms with Crippen LogP contribution in [0, 0.1) is 0 Å². The molecule has 2 aromatic rings. The summed E-state index contributed by atoms with van der Waals surface area (Å²) >= 11 is 1.51. The summed E-state index contributed by atoms with van der Waals surface area (Å²) in [5, 5.41) is 8.91. The largest absolute Gasteiger partial charge is 0.332 e. The van der Waals surface area contributed by atoms with Gasteiger partial charge in [-0.1, -0.05) is 5.16 Å². The van der Waals surface area contributed by atoms with E-state index in [1.165, 1.54) is 11.3 Å². The predicted molar refractivity (Wildman–Crippen MR) is 64.9 cm³/mol. The Morgan fingerprint density at radius 3 is 3.00 bits per heavy atom. The second-order valence-corrected chi connectivity index (χ2v) is 4.00. The lowest BCUT2D eigenvalue weighted by Gasteiger charge is -2.04. The third-order valence-corrected chi connectivity index (χ3v) is 2.69. The van der Waals surface area contributed by atoms with Gasteiger partial charge in [-0.25, -0.2) is 4.98 Å². The third kappa shape index (κ3) is 3.01. The smallest absolute Gasteiger partial charge is 0.277 e. The monoisotopic (exact) mass is 260 g/mol. The summed E-state index contributed by atoms with van der Waals surface area (Å²) in [5.41, 5.74) is 2.49. The molecule has 2 aromatic heterocycles. The molecule has 0 bridgehead atoms. The van der Waals surface area contributed by atoms with Crippen molar-refractivity contribution in [3.05, 3.63) is 16.7 Å². The molecular weight excluding hydrogens is 248 g/mol. The first-order chi connectivity index (χ1) is 7.29. The normalized spacial score (nSPS) is 12.1. The Bertz CT molecular complexity index is 417. The molecule has 0 radical (unpaired) electrons. The van der Waals surface area contributed by atoms with E-state index in [1.54, 1.807) is 5.51 Å². The number of hydrogen-bond donors (Lipinski definition) is 1. The first kappa shape index (κ1) is 13.1. The zero-order chi connectivity index (χ0) is 10.7. The molecule has 0 aliphatic heterocycles. The Kier molecular flexibility index (Phi) is 4.85. The van der Waals surface area contributed by atoms with E-state index in [4.69, 9.17) is 4.52 Å². The minimum absolute atomic E-state index is 0. The van der Waals surface area contributed by atoms with E-state index in [0.717, 1.165) is 12.1 Å². The maximum Gasteiger partial charge on any atom is 0.277 e. The summed E-state index contributed by atoms with van der Waals surface area (Å²) in [6.07, 6.45) is 0.754. The molecule has 0 amide bonds. The van der Waals surface area contributed by atoms with Gasteiger partial charge in [-0.2, -0.15) is 4.98 Å². The molecule has 2 heterocycles. The van der Waals surface area contributed by atoms with Crippen LogP contribution in [0.3, 0.4) is 0 Å². The Morgan fingerprint density at radius 2 is 2.38 bits per heavy atom. The van der Waals surface area contributed by atoms with Crippen LogP contribution in [-0.2, 0) is 6.42 Å². The van der Waals surface area contributed by atoms with Gasteiger partial charge in [0.15, 0.2) is 5.82 Å². The first-order valence-electron chi connectivity index (χ1n) is 4.68. The van der Waals surface area contributed by atoms with E-state index in [-0.39, 0.29) is 12.4 Å². The summed E-state index contributed by atoms with van der Waals surface area (Å²) in [6, 6.07) is 0.339. The highest BCUT2D eigenvalue weighted by molar-refractivity contribution is 7.07. The van der Waals surface area contributed by atoms with Crippen molar-refractivity contribution in [2.75, 3.05) is 7.05 Å². The molecule has 16 heavy (non-hydrogen) atoms. The number of rotatable bonds is 4. The topological polar surface area (TPSA) is 63.8 Å². The maximum absolute atomic E-state index is 5.11. The van der Waals surface area contributed by atoms with Crippen LogP contribution in [0.1, 0.15) is 12.7 Å². The Balaban J connectivity index is 0.00000128. The number of nitrogens with zero attached hydrogens (tertiary/aromatic N) is 3. The van der Waals surface area contributed by atoms with Crippen molar-refractivity contribution in [2.24, 2.45) is 0 Å². The first-order valence-corrected chi connectivity index (χ1v) is 5.62. The predicted octanol–water partition coefficient (Wildman–Crippen LogP) is 1.77. The fourth-order valence-corrected chi connectivity index (χ4v) is 1.66. The molecule has 0 saturated carbocycles. The van der Waals surface area contributed by atoms with E-state index >= 15 is 0 Å². The van der Waals surface area contributed by atoms with Crippen LogP contribution in [-0.4, -0.2) is 28.2 Å². The van der Waals surface area contributed by atoms with Gasteiger partial charge in [0.05, 0.1) is 5.51 Å². The molecule has 5 nitrogen and oxygen atoms in total. The molecule has 1 atom stereocenters. The lowest BCUT2D eigenvalue weighted by atomic mass is 10.2.